The molecule has 1 aliphatic heterocycles. The fraction of sp³-hybridized carbons (Fsp3) is 0.933. The van der Waals surface area contributed by atoms with Gasteiger partial charge in [0.05, 0.1) is 12.2 Å². The van der Waals surface area contributed by atoms with Crippen LogP contribution in [0, 0.1) is 11.8 Å². The molecule has 1 fully saturated rings. The second-order valence-electron chi connectivity index (χ2n) is 6.84. The number of carbonyl (C=O) groups excluding carboxylic acids is 1. The summed E-state index contributed by atoms with van der Waals surface area (Å²) in [5.74, 6) is 1.21. The molecule has 1 N–H and O–H groups in total. The summed E-state index contributed by atoms with van der Waals surface area (Å²) >= 11 is 0. The summed E-state index contributed by atoms with van der Waals surface area (Å²) in [5, 5.41) is 3.52. The third-order valence-electron chi connectivity index (χ3n) is 4.00. The number of nitrogens with one attached hydrogen (secondary N) is 1. The Bertz CT molecular complexity index is 302. The summed E-state index contributed by atoms with van der Waals surface area (Å²) in [6.07, 6.45) is 1.22. The van der Waals surface area contributed by atoms with E-state index in [1.54, 1.807) is 0 Å². The zero-order valence-electron chi connectivity index (χ0n) is 13.6. The average Bonchev–Trinajstić information content (AvgIpc) is 2.56. The molecule has 4 heteroatoms. The maximum Gasteiger partial charge on any atom is 0.241 e. The first-order valence-corrected chi connectivity index (χ1v) is 7.47. The van der Waals surface area contributed by atoms with E-state index in [2.05, 4.69) is 63.8 Å². The van der Waals surface area contributed by atoms with Gasteiger partial charge in [-0.2, -0.15) is 0 Å². The van der Waals surface area contributed by atoms with Gasteiger partial charge in [-0.05, 0) is 39.3 Å². The summed E-state index contributed by atoms with van der Waals surface area (Å²) in [7, 11) is 4.13. The summed E-state index contributed by atoms with van der Waals surface area (Å²) in [6.45, 7) is 11.6. The molecule has 112 valence electrons. The molecule has 1 aliphatic rings. The van der Waals surface area contributed by atoms with Crippen molar-refractivity contribution in [2.45, 2.75) is 59.3 Å². The van der Waals surface area contributed by atoms with Crippen molar-refractivity contribution in [1.82, 2.24) is 15.1 Å². The minimum absolute atomic E-state index is 0.0156. The first kappa shape index (κ1) is 16.4. The van der Waals surface area contributed by atoms with Crippen molar-refractivity contribution in [2.75, 3.05) is 20.6 Å². The molecule has 0 aromatic rings. The maximum absolute atomic E-state index is 12.5. The largest absolute Gasteiger partial charge is 0.324 e. The van der Waals surface area contributed by atoms with E-state index in [4.69, 9.17) is 0 Å². The monoisotopic (exact) mass is 269 g/mol. The van der Waals surface area contributed by atoms with E-state index < -0.39 is 0 Å². The van der Waals surface area contributed by atoms with Crippen LogP contribution >= 0.6 is 0 Å². The lowest BCUT2D eigenvalue weighted by atomic mass is 10.0. The minimum atomic E-state index is -0.0156. The van der Waals surface area contributed by atoms with Crippen LogP contribution in [0.3, 0.4) is 0 Å². The Kier molecular flexibility index (Phi) is 5.81. The van der Waals surface area contributed by atoms with E-state index in [1.165, 1.54) is 0 Å². The third kappa shape index (κ3) is 4.18. The quantitative estimate of drug-likeness (QED) is 0.798. The van der Waals surface area contributed by atoms with Gasteiger partial charge in [0, 0.05) is 12.6 Å². The van der Waals surface area contributed by atoms with Gasteiger partial charge >= 0.3 is 0 Å². The second kappa shape index (κ2) is 6.71. The van der Waals surface area contributed by atoms with Crippen molar-refractivity contribution >= 4 is 5.91 Å². The van der Waals surface area contributed by atoms with Crippen LogP contribution in [0.5, 0.6) is 0 Å². The van der Waals surface area contributed by atoms with Gasteiger partial charge in [-0.25, -0.2) is 0 Å². The number of carbonyl (C=O) groups is 1. The van der Waals surface area contributed by atoms with Crippen LogP contribution in [0.25, 0.3) is 0 Å². The van der Waals surface area contributed by atoms with Crippen molar-refractivity contribution in [1.29, 1.82) is 0 Å². The molecular formula is C15H31N3O. The molecule has 1 rings (SSSR count). The van der Waals surface area contributed by atoms with E-state index >= 15 is 0 Å². The SMILES string of the molecule is CC(C)CC1NC(C(C)C)C(=O)N1CC(C)N(C)C. The number of hydrogen-bond acceptors (Lipinski definition) is 3. The van der Waals surface area contributed by atoms with Crippen molar-refractivity contribution in [2.24, 2.45) is 11.8 Å². The van der Waals surface area contributed by atoms with Gasteiger partial charge in [-0.3, -0.25) is 10.1 Å². The minimum Gasteiger partial charge on any atom is -0.324 e. The second-order valence-corrected chi connectivity index (χ2v) is 6.84. The molecule has 1 saturated heterocycles. The van der Waals surface area contributed by atoms with Crippen LogP contribution in [-0.4, -0.2) is 54.6 Å². The Labute approximate surface area is 118 Å². The maximum atomic E-state index is 12.5. The first-order chi connectivity index (χ1) is 8.73. The lowest BCUT2D eigenvalue weighted by molar-refractivity contribution is -0.131. The van der Waals surface area contributed by atoms with E-state index in [0.717, 1.165) is 13.0 Å². The van der Waals surface area contributed by atoms with E-state index in [1.807, 2.05) is 0 Å². The van der Waals surface area contributed by atoms with Crippen LogP contribution in [-0.2, 0) is 4.79 Å². The summed E-state index contributed by atoms with van der Waals surface area (Å²) < 4.78 is 0. The highest BCUT2D eigenvalue weighted by Gasteiger charge is 2.40. The Morgan fingerprint density at radius 1 is 1.21 bits per heavy atom. The van der Waals surface area contributed by atoms with E-state index in [9.17, 15) is 4.79 Å². The average molecular weight is 269 g/mol. The first-order valence-electron chi connectivity index (χ1n) is 7.47. The molecule has 0 aromatic carbocycles. The highest BCUT2D eigenvalue weighted by molar-refractivity contribution is 5.84. The zero-order chi connectivity index (χ0) is 14.7. The van der Waals surface area contributed by atoms with Gasteiger partial charge < -0.3 is 9.80 Å². The van der Waals surface area contributed by atoms with Crippen LogP contribution in [0.15, 0.2) is 0 Å². The molecule has 0 bridgehead atoms. The molecule has 4 nitrogen and oxygen atoms in total. The van der Waals surface area contributed by atoms with Gasteiger partial charge in [-0.1, -0.05) is 27.7 Å². The lowest BCUT2D eigenvalue weighted by Crippen LogP contribution is -2.45. The molecule has 3 unspecified atom stereocenters. The number of likely N-dealkylation sites (N-methyl/N-ethyl adjacent to an activating group) is 1. The van der Waals surface area contributed by atoms with Gasteiger partial charge in [0.25, 0.3) is 0 Å². The summed E-state index contributed by atoms with van der Waals surface area (Å²) in [6, 6.07) is 0.365. The van der Waals surface area contributed by atoms with Gasteiger partial charge in [0.1, 0.15) is 0 Å². The molecule has 3 atom stereocenters. The predicted molar refractivity (Wildman–Crippen MR) is 79.9 cm³/mol. The predicted octanol–water partition coefficient (Wildman–Crippen LogP) is 1.77. The highest BCUT2D eigenvalue weighted by atomic mass is 16.2. The number of amides is 1. The summed E-state index contributed by atoms with van der Waals surface area (Å²) in [5.41, 5.74) is 0. The molecule has 0 saturated carbocycles. The number of nitrogens with zero attached hydrogens (tertiary/aromatic N) is 2. The molecule has 1 amide bonds. The van der Waals surface area contributed by atoms with Crippen molar-refractivity contribution in [3.63, 3.8) is 0 Å². The third-order valence-corrected chi connectivity index (χ3v) is 4.00. The number of rotatable bonds is 6. The van der Waals surface area contributed by atoms with Crippen LogP contribution in [0.2, 0.25) is 0 Å². The topological polar surface area (TPSA) is 35.6 Å². The standard InChI is InChI=1S/C15H31N3O/c1-10(2)8-13-16-14(11(3)4)15(19)18(13)9-12(5)17(6)7/h10-14,16H,8-9H2,1-7H3. The van der Waals surface area contributed by atoms with Crippen LogP contribution < -0.4 is 5.32 Å². The fourth-order valence-electron chi connectivity index (χ4n) is 2.49. The van der Waals surface area contributed by atoms with Crippen LogP contribution in [0.1, 0.15) is 41.0 Å². The van der Waals surface area contributed by atoms with Crippen molar-refractivity contribution in [3.8, 4) is 0 Å². The Morgan fingerprint density at radius 2 is 1.79 bits per heavy atom. The molecule has 0 aliphatic carbocycles. The van der Waals surface area contributed by atoms with Gasteiger partial charge in [0.2, 0.25) is 5.91 Å². The van der Waals surface area contributed by atoms with E-state index in [-0.39, 0.29) is 18.1 Å². The van der Waals surface area contributed by atoms with Crippen molar-refractivity contribution < 1.29 is 4.79 Å². The highest BCUT2D eigenvalue weighted by Crippen LogP contribution is 2.22. The van der Waals surface area contributed by atoms with E-state index in [0.29, 0.717) is 17.9 Å². The number of hydrogen-bond donors (Lipinski definition) is 1. The lowest BCUT2D eigenvalue weighted by Gasteiger charge is -2.30. The molecule has 1 heterocycles. The van der Waals surface area contributed by atoms with Gasteiger partial charge in [-0.15, -0.1) is 0 Å². The Hall–Kier alpha value is -0.610. The van der Waals surface area contributed by atoms with Crippen molar-refractivity contribution in [3.05, 3.63) is 0 Å². The smallest absolute Gasteiger partial charge is 0.241 e. The normalized spacial score (nSPS) is 26.0. The Balaban J connectivity index is 2.79. The zero-order valence-corrected chi connectivity index (χ0v) is 13.6. The Morgan fingerprint density at radius 3 is 2.21 bits per heavy atom. The van der Waals surface area contributed by atoms with Gasteiger partial charge in [0.15, 0.2) is 0 Å². The summed E-state index contributed by atoms with van der Waals surface area (Å²) in [4.78, 5) is 16.8. The molecule has 0 spiro atoms. The van der Waals surface area contributed by atoms with Crippen LogP contribution in [0.4, 0.5) is 0 Å². The molecular weight excluding hydrogens is 238 g/mol. The fourth-order valence-corrected chi connectivity index (χ4v) is 2.49. The molecule has 0 radical (unpaired) electrons. The molecule has 0 aromatic heterocycles. The molecule has 19 heavy (non-hydrogen) atoms.